The van der Waals surface area contributed by atoms with Gasteiger partial charge in [0, 0.05) is 106 Å². The molecule has 424 valence electrons. The number of aliphatic imine (C=N–C) groups is 1. The molecule has 0 spiro atoms. The summed E-state index contributed by atoms with van der Waals surface area (Å²) in [4.78, 5) is 59.5. The Morgan fingerprint density at radius 2 is 1.07 bits per heavy atom. The van der Waals surface area contributed by atoms with E-state index in [0.29, 0.717) is 65.5 Å². The molecule has 2 aliphatic heterocycles. The second-order valence-corrected chi connectivity index (χ2v) is 19.3. The number of isocyanates is 1. The van der Waals surface area contributed by atoms with Gasteiger partial charge >= 0.3 is 17.7 Å². The fourth-order valence-electron chi connectivity index (χ4n) is 9.28. The van der Waals surface area contributed by atoms with Gasteiger partial charge in [0.05, 0.1) is 17.1 Å². The summed E-state index contributed by atoms with van der Waals surface area (Å²) in [5, 5.41) is 13.2. The average Bonchev–Trinajstić information content (AvgIpc) is 3.28. The first-order valence-electron chi connectivity index (χ1n) is 26.0. The van der Waals surface area contributed by atoms with Gasteiger partial charge in [-0.25, -0.2) is 38.3 Å². The molecule has 10 aromatic rings. The van der Waals surface area contributed by atoms with Gasteiger partial charge in [0.1, 0.15) is 46.9 Å². The Kier molecular flexibility index (Phi) is 19.6. The van der Waals surface area contributed by atoms with Crippen molar-refractivity contribution in [2.75, 3.05) is 80.1 Å². The van der Waals surface area contributed by atoms with Crippen LogP contribution in [0.25, 0.3) is 57.0 Å². The van der Waals surface area contributed by atoms with Crippen molar-refractivity contribution in [3.8, 4) is 45.3 Å². The van der Waals surface area contributed by atoms with Gasteiger partial charge in [-0.2, -0.15) is 15.0 Å². The minimum absolute atomic E-state index is 0. The molecule has 0 radical (unpaired) electrons. The smallest absolute Gasteiger partial charge is 0.321 e. The molecule has 6 aromatic heterocycles. The fourth-order valence-corrected chi connectivity index (χ4v) is 9.28. The Hall–Kier alpha value is -9.21. The summed E-state index contributed by atoms with van der Waals surface area (Å²) in [5.74, 6) is 1.35. The lowest BCUT2D eigenvalue weighted by molar-refractivity contribution is 0.197. The number of oxazole rings is 2. The van der Waals surface area contributed by atoms with Crippen molar-refractivity contribution in [2.45, 2.75) is 37.8 Å². The number of imidazole rings is 2. The Morgan fingerprint density at radius 1 is 0.622 bits per heavy atom. The summed E-state index contributed by atoms with van der Waals surface area (Å²) in [6, 6.07) is 31.6. The normalized spacial score (nSPS) is 13.3. The number of nitrogens with one attached hydrogen (secondary N) is 4. The molecule has 0 unspecified atom stereocenters. The van der Waals surface area contributed by atoms with Crippen LogP contribution in [0, 0.1) is 11.6 Å². The number of benzene rings is 4. The Morgan fingerprint density at radius 3 is 1.52 bits per heavy atom. The molecule has 8 heterocycles. The maximum absolute atomic E-state index is 13.6. The Labute approximate surface area is 483 Å². The van der Waals surface area contributed by atoms with E-state index in [0.717, 1.165) is 84.0 Å². The molecule has 0 bridgehead atoms. The van der Waals surface area contributed by atoms with E-state index in [-0.39, 0.29) is 48.5 Å². The van der Waals surface area contributed by atoms with Gasteiger partial charge in [0.2, 0.25) is 18.0 Å². The fraction of sp³-hybridized carbons (Fsp3) is 0.241. The zero-order valence-electron chi connectivity index (χ0n) is 45.2. The van der Waals surface area contributed by atoms with Crippen molar-refractivity contribution in [1.29, 1.82) is 0 Å². The highest BCUT2D eigenvalue weighted by molar-refractivity contribution is 5.89. The van der Waals surface area contributed by atoms with Gasteiger partial charge in [-0.05, 0) is 148 Å². The molecule has 0 saturated carbocycles. The molecule has 0 atom stereocenters. The molecule has 2 fully saturated rings. The molecule has 2 saturated heterocycles. The number of aromatic nitrogens is 8. The Bertz CT molecular complexity index is 3720. The quantitative estimate of drug-likeness (QED) is 0.0661. The molecule has 4 aromatic carbocycles. The van der Waals surface area contributed by atoms with Crippen molar-refractivity contribution in [2.24, 2.45) is 4.99 Å². The van der Waals surface area contributed by atoms with Crippen LogP contribution in [0.5, 0.6) is 0 Å². The van der Waals surface area contributed by atoms with Crippen molar-refractivity contribution >= 4 is 83.3 Å². The molecular weight excluding hydrogens is 1090 g/mol. The summed E-state index contributed by atoms with van der Waals surface area (Å²) in [6.45, 7) is 3.21. The molecule has 24 heteroatoms. The number of piperidine rings is 2. The van der Waals surface area contributed by atoms with E-state index in [9.17, 15) is 18.4 Å². The van der Waals surface area contributed by atoms with Crippen LogP contribution in [0.15, 0.2) is 160 Å². The maximum Gasteiger partial charge on any atom is 0.321 e. The minimum Gasteiger partial charge on any atom is -0.432 e. The summed E-state index contributed by atoms with van der Waals surface area (Å²) < 4.78 is 41.6. The van der Waals surface area contributed by atoms with Crippen molar-refractivity contribution in [3.63, 3.8) is 0 Å². The lowest BCUT2D eigenvalue weighted by Gasteiger charge is -2.32. The highest BCUT2D eigenvalue weighted by Gasteiger charge is 2.26. The number of halogens is 4. The molecule has 2 amide bonds. The minimum atomic E-state index is -0.316. The second kappa shape index (κ2) is 27.3. The number of carbonyl (C=O) groups excluding carboxylic acids is 2. The predicted octanol–water partition coefficient (Wildman–Crippen LogP) is 11.3. The number of hydrogen-bond donors (Lipinski definition) is 4. The number of nitrogens with zero attached hydrogens (tertiary/aromatic N) is 12. The molecule has 82 heavy (non-hydrogen) atoms. The van der Waals surface area contributed by atoms with Gasteiger partial charge in [-0.1, -0.05) is 0 Å². The van der Waals surface area contributed by atoms with E-state index in [2.05, 4.69) is 46.2 Å². The summed E-state index contributed by atoms with van der Waals surface area (Å²) in [7, 11) is 7.87. The zero-order chi connectivity index (χ0) is 55.5. The van der Waals surface area contributed by atoms with Gasteiger partial charge in [-0.15, -0.1) is 24.8 Å². The number of anilines is 5. The Balaban J connectivity index is 0.000000182. The zero-order valence-corrected chi connectivity index (χ0v) is 46.9. The van der Waals surface area contributed by atoms with Gasteiger partial charge < -0.3 is 44.8 Å². The van der Waals surface area contributed by atoms with Crippen LogP contribution in [-0.4, -0.2) is 122 Å². The van der Waals surface area contributed by atoms with Gasteiger partial charge in [0.25, 0.3) is 0 Å². The van der Waals surface area contributed by atoms with Crippen molar-refractivity contribution in [3.05, 3.63) is 158 Å². The standard InChI is InChI=1S/C29H29FN8O2.C20H19FN6O.C9H10N2O.2ClH/c1-36(2)23-9-7-21(8-10-23)33-28(39)37-15-12-22(13-16-37)32-27-31-14-11-24(34-27)26-25(19-3-5-20(30)6-4-19)35-29-38(26)17-18-40-29;21-14-3-1-13(2-4-14)17-18(27-11-12-28-20(27)26-17)16-7-10-23-19(25-16)24-15-5-8-22-9-6-15;1-11(2)9-5-3-8(4-6-9)10-7-12;;/h3-11,14,17-18,22H,12-13,15-16H2,1-2H3,(H,33,39)(H,31,32,34);1-4,7,10-12,15,22H,5-6,8-9H2,(H,23,24,25);3-6H,1-2H3;2*1H. The molecular formula is C58H60Cl2F2N16O4. The summed E-state index contributed by atoms with van der Waals surface area (Å²) >= 11 is 0. The van der Waals surface area contributed by atoms with Crippen LogP contribution in [0.2, 0.25) is 0 Å². The van der Waals surface area contributed by atoms with E-state index in [1.165, 1.54) is 30.3 Å². The first kappa shape index (κ1) is 58.9. The van der Waals surface area contributed by atoms with Crippen LogP contribution >= 0.6 is 24.8 Å². The second-order valence-electron chi connectivity index (χ2n) is 19.3. The highest BCUT2D eigenvalue weighted by atomic mass is 35.5. The molecule has 12 rings (SSSR count). The molecule has 20 nitrogen and oxygen atoms in total. The number of amides is 2. The summed E-state index contributed by atoms with van der Waals surface area (Å²) in [5.41, 5.74) is 9.32. The largest absolute Gasteiger partial charge is 0.432 e. The predicted molar refractivity (Wildman–Crippen MR) is 318 cm³/mol. The van der Waals surface area contributed by atoms with E-state index in [1.807, 2.05) is 100 Å². The number of likely N-dealkylation sites (tertiary alicyclic amines) is 1. The number of hydrogen-bond acceptors (Lipinski definition) is 16. The lowest BCUT2D eigenvalue weighted by Crippen LogP contribution is -2.44. The molecule has 4 N–H and O–H groups in total. The van der Waals surface area contributed by atoms with Crippen LogP contribution in [0.3, 0.4) is 0 Å². The number of fused-ring (bicyclic) bond motifs is 2. The van der Waals surface area contributed by atoms with Crippen LogP contribution in [-0.2, 0) is 4.79 Å². The van der Waals surface area contributed by atoms with Crippen molar-refractivity contribution in [1.82, 2.24) is 48.9 Å². The molecule has 0 aliphatic carbocycles. The topological polar surface area (TPSA) is 217 Å². The third-order valence-electron chi connectivity index (χ3n) is 13.5. The first-order chi connectivity index (χ1) is 39.0. The lowest BCUT2D eigenvalue weighted by atomic mass is 10.1. The van der Waals surface area contributed by atoms with E-state index in [1.54, 1.807) is 73.7 Å². The highest BCUT2D eigenvalue weighted by Crippen LogP contribution is 2.35. The SMILES string of the molecule is CN(C)c1ccc(N=C=O)cc1.CN(C)c1ccc(NC(=O)N2CCC(Nc3nccc(-c4c(-c5ccc(F)cc5)nc5occn45)n3)CC2)cc1.Cl.Cl.Fc1ccc(-c2nc3occn3c2-c2ccnc(NC3CCNCC3)n2)cc1. The third-order valence-corrected chi connectivity index (χ3v) is 13.5. The van der Waals surface area contributed by atoms with Crippen LogP contribution < -0.4 is 31.1 Å². The van der Waals surface area contributed by atoms with Crippen LogP contribution in [0.4, 0.5) is 48.2 Å². The monoisotopic (exact) mass is 1150 g/mol. The maximum atomic E-state index is 13.6. The number of carbonyl (C=O) groups is 1. The van der Waals surface area contributed by atoms with Gasteiger partial charge in [0.15, 0.2) is 0 Å². The van der Waals surface area contributed by atoms with Gasteiger partial charge in [-0.3, -0.25) is 8.80 Å². The van der Waals surface area contributed by atoms with E-state index >= 15 is 0 Å². The average molecular weight is 1150 g/mol. The first-order valence-corrected chi connectivity index (χ1v) is 26.0. The van der Waals surface area contributed by atoms with E-state index in [4.69, 9.17) is 18.8 Å². The van der Waals surface area contributed by atoms with Crippen LogP contribution in [0.1, 0.15) is 25.7 Å². The number of rotatable bonds is 12. The number of urea groups is 1. The third kappa shape index (κ3) is 14.2. The molecule has 2 aliphatic rings. The van der Waals surface area contributed by atoms with Crippen molar-refractivity contribution < 1.29 is 27.2 Å². The summed E-state index contributed by atoms with van der Waals surface area (Å²) in [6.07, 6.45) is 15.2. The van der Waals surface area contributed by atoms with E-state index < -0.39 is 0 Å².